The zero-order chi connectivity index (χ0) is 43.8. The van der Waals surface area contributed by atoms with Crippen LogP contribution >= 0.6 is 0 Å². The molecule has 10 atom stereocenters. The van der Waals surface area contributed by atoms with Crippen LogP contribution in [-0.2, 0) is 82.3 Å². The van der Waals surface area contributed by atoms with Gasteiger partial charge in [0.1, 0.15) is 42.7 Å². The van der Waals surface area contributed by atoms with Crippen LogP contribution in [0.1, 0.15) is 40.3 Å². The first-order chi connectivity index (χ1) is 31.6. The molecule has 2 aliphatic heterocycles. The van der Waals surface area contributed by atoms with Crippen molar-refractivity contribution in [2.24, 2.45) is 0 Å². The second-order valence-corrected chi connectivity index (χ2v) is 16.2. The third-order valence-corrected chi connectivity index (χ3v) is 11.4. The normalized spacial score (nSPS) is 25.8. The van der Waals surface area contributed by atoms with Crippen LogP contribution in [0.15, 0.2) is 182 Å². The van der Waals surface area contributed by atoms with Gasteiger partial charge in [0.05, 0.1) is 52.4 Å². The minimum atomic E-state index is -1.34. The molecule has 334 valence electrons. The molecule has 0 radical (unpaired) electrons. The lowest BCUT2D eigenvalue weighted by Gasteiger charge is -2.49. The SMILES string of the molecule is C[C@H]1O[C@H](O)[C@@H](OCc2ccccc2)[C@@H](O[C@H]2O[C@@H](COCc3ccccc3)[C@@H](OCc3ccccc3)[C@@H](OCc3ccccc3)[C@@H]2OCc2ccccc2)[C@H]1OCc1ccccc1. The highest BCUT2D eigenvalue weighted by molar-refractivity contribution is 5.18. The summed E-state index contributed by atoms with van der Waals surface area (Å²) in [4.78, 5) is 0. The molecule has 0 amide bonds. The average molecular weight is 867 g/mol. The zero-order valence-corrected chi connectivity index (χ0v) is 36.2. The number of benzene rings is 6. The Morgan fingerprint density at radius 2 is 0.719 bits per heavy atom. The van der Waals surface area contributed by atoms with E-state index < -0.39 is 61.4 Å². The van der Waals surface area contributed by atoms with Gasteiger partial charge in [-0.1, -0.05) is 182 Å². The lowest BCUT2D eigenvalue weighted by atomic mass is 9.96. The summed E-state index contributed by atoms with van der Waals surface area (Å²) in [6.45, 7) is 3.64. The predicted molar refractivity (Wildman–Crippen MR) is 241 cm³/mol. The third-order valence-electron chi connectivity index (χ3n) is 11.4. The standard InChI is InChI=1S/C54H58O10/c1-39-47(57-33-41-22-10-3-11-23-41)50(51(53(55)62-39)60-36-44-28-16-6-17-29-44)64-54-52(61-37-45-30-18-7-19-31-45)49(59-35-43-26-14-5-15-27-43)48(58-34-42-24-12-4-13-25-42)46(63-54)38-56-32-40-20-8-2-9-21-40/h2-31,39,46-55H,32-38H2,1H3/t39-,46+,47+,48-,49-,50+,51+,52+,53+,54-/m1/s1. The van der Waals surface area contributed by atoms with E-state index in [2.05, 4.69) is 0 Å². The van der Waals surface area contributed by atoms with Gasteiger partial charge in [-0.05, 0) is 40.3 Å². The van der Waals surface area contributed by atoms with Crippen molar-refractivity contribution in [2.75, 3.05) is 6.61 Å². The lowest BCUT2D eigenvalue weighted by molar-refractivity contribution is -0.372. The predicted octanol–water partition coefficient (Wildman–Crippen LogP) is 8.98. The van der Waals surface area contributed by atoms with Crippen molar-refractivity contribution in [1.29, 1.82) is 0 Å². The second kappa shape index (κ2) is 23.7. The first-order valence-electron chi connectivity index (χ1n) is 22.1. The Kier molecular flexibility index (Phi) is 16.9. The minimum Gasteiger partial charge on any atom is -0.374 e. The maximum absolute atomic E-state index is 11.7. The highest BCUT2D eigenvalue weighted by Gasteiger charge is 2.53. The number of rotatable bonds is 21. The number of aliphatic hydroxyl groups excluding tert-OH is 1. The molecule has 0 aromatic heterocycles. The Morgan fingerprint density at radius 3 is 1.14 bits per heavy atom. The van der Waals surface area contributed by atoms with E-state index in [0.717, 1.165) is 33.4 Å². The molecule has 0 saturated carbocycles. The van der Waals surface area contributed by atoms with Crippen LogP contribution in [0.5, 0.6) is 0 Å². The van der Waals surface area contributed by atoms with Gasteiger partial charge in [0.2, 0.25) is 0 Å². The fourth-order valence-electron chi connectivity index (χ4n) is 8.10. The van der Waals surface area contributed by atoms with Crippen molar-refractivity contribution >= 4 is 0 Å². The van der Waals surface area contributed by atoms with E-state index in [-0.39, 0.29) is 33.0 Å². The van der Waals surface area contributed by atoms with Crippen molar-refractivity contribution in [3.05, 3.63) is 215 Å². The first kappa shape index (κ1) is 45.5. The van der Waals surface area contributed by atoms with E-state index in [1.165, 1.54) is 0 Å². The van der Waals surface area contributed by atoms with E-state index >= 15 is 0 Å². The number of hydrogen-bond donors (Lipinski definition) is 1. The summed E-state index contributed by atoms with van der Waals surface area (Å²) in [6.07, 6.45) is -8.55. The van der Waals surface area contributed by atoms with Gasteiger partial charge in [-0.2, -0.15) is 0 Å². The van der Waals surface area contributed by atoms with Crippen LogP contribution in [0.25, 0.3) is 0 Å². The second-order valence-electron chi connectivity index (χ2n) is 16.2. The smallest absolute Gasteiger partial charge is 0.187 e. The molecule has 6 aromatic rings. The molecule has 0 spiro atoms. The van der Waals surface area contributed by atoms with Crippen molar-refractivity contribution in [1.82, 2.24) is 0 Å². The van der Waals surface area contributed by atoms with E-state index in [1.54, 1.807) is 0 Å². The van der Waals surface area contributed by atoms with E-state index in [4.69, 9.17) is 42.6 Å². The maximum Gasteiger partial charge on any atom is 0.187 e. The zero-order valence-electron chi connectivity index (χ0n) is 36.2. The molecule has 2 saturated heterocycles. The topological polar surface area (TPSA) is 103 Å². The fraction of sp³-hybridized carbons (Fsp3) is 0.333. The van der Waals surface area contributed by atoms with Gasteiger partial charge >= 0.3 is 0 Å². The summed E-state index contributed by atoms with van der Waals surface area (Å²) >= 11 is 0. The lowest BCUT2D eigenvalue weighted by Crippen LogP contribution is -2.65. The molecule has 2 fully saturated rings. The minimum absolute atomic E-state index is 0.152. The van der Waals surface area contributed by atoms with Gasteiger partial charge in [0.15, 0.2) is 12.6 Å². The highest BCUT2D eigenvalue weighted by Crippen LogP contribution is 2.36. The first-order valence-corrected chi connectivity index (χ1v) is 22.1. The molecule has 1 N–H and O–H groups in total. The summed E-state index contributed by atoms with van der Waals surface area (Å²) in [6, 6.07) is 59.7. The summed E-state index contributed by atoms with van der Waals surface area (Å²) in [5, 5.41) is 11.7. The largest absolute Gasteiger partial charge is 0.374 e. The van der Waals surface area contributed by atoms with E-state index in [0.29, 0.717) is 13.2 Å². The Bertz CT molecular complexity index is 2130. The Morgan fingerprint density at radius 1 is 0.375 bits per heavy atom. The number of ether oxygens (including phenoxy) is 9. The van der Waals surface area contributed by atoms with Gasteiger partial charge in [-0.25, -0.2) is 0 Å². The van der Waals surface area contributed by atoms with E-state index in [1.807, 2.05) is 189 Å². The molecule has 64 heavy (non-hydrogen) atoms. The van der Waals surface area contributed by atoms with Crippen LogP contribution in [0.4, 0.5) is 0 Å². The quantitative estimate of drug-likeness (QED) is 0.0755. The van der Waals surface area contributed by atoms with Crippen molar-refractivity contribution in [2.45, 2.75) is 108 Å². The molecule has 10 heteroatoms. The Hall–Kier alpha value is -5.08. The van der Waals surface area contributed by atoms with Gasteiger partial charge in [0, 0.05) is 0 Å². The Labute approximate surface area is 376 Å². The van der Waals surface area contributed by atoms with E-state index in [9.17, 15) is 5.11 Å². The molecule has 0 bridgehead atoms. The van der Waals surface area contributed by atoms with Gasteiger partial charge in [-0.3, -0.25) is 0 Å². The van der Waals surface area contributed by atoms with Crippen LogP contribution in [0.2, 0.25) is 0 Å². The van der Waals surface area contributed by atoms with Crippen LogP contribution in [0, 0.1) is 0 Å². The maximum atomic E-state index is 11.7. The third kappa shape index (κ3) is 12.8. The van der Waals surface area contributed by atoms with Crippen LogP contribution in [-0.4, -0.2) is 73.1 Å². The average Bonchev–Trinajstić information content (AvgIpc) is 3.34. The van der Waals surface area contributed by atoms with Crippen LogP contribution < -0.4 is 0 Å². The molecular weight excluding hydrogens is 809 g/mol. The number of hydrogen-bond acceptors (Lipinski definition) is 10. The molecule has 0 aliphatic carbocycles. The number of aliphatic hydroxyl groups is 1. The molecule has 8 rings (SSSR count). The summed E-state index contributed by atoms with van der Waals surface area (Å²) in [7, 11) is 0. The summed E-state index contributed by atoms with van der Waals surface area (Å²) in [5.41, 5.74) is 5.86. The van der Waals surface area contributed by atoms with Gasteiger partial charge in [-0.15, -0.1) is 0 Å². The van der Waals surface area contributed by atoms with Crippen molar-refractivity contribution in [3.63, 3.8) is 0 Å². The Balaban J connectivity index is 1.16. The van der Waals surface area contributed by atoms with Crippen LogP contribution in [0.3, 0.4) is 0 Å². The molecule has 0 unspecified atom stereocenters. The molecule has 2 aliphatic rings. The highest BCUT2D eigenvalue weighted by atomic mass is 16.7. The van der Waals surface area contributed by atoms with Crippen molar-refractivity contribution in [3.8, 4) is 0 Å². The summed E-state index contributed by atoms with van der Waals surface area (Å²) < 4.78 is 61.0. The fourth-order valence-corrected chi connectivity index (χ4v) is 8.10. The summed E-state index contributed by atoms with van der Waals surface area (Å²) in [5.74, 6) is 0. The van der Waals surface area contributed by atoms with Gasteiger partial charge < -0.3 is 47.7 Å². The monoisotopic (exact) mass is 866 g/mol. The molecule has 10 nitrogen and oxygen atoms in total. The van der Waals surface area contributed by atoms with Gasteiger partial charge in [0.25, 0.3) is 0 Å². The van der Waals surface area contributed by atoms with Crippen molar-refractivity contribution < 1.29 is 47.7 Å². The molecular formula is C54H58O10. The molecule has 6 aromatic carbocycles. The molecule has 2 heterocycles.